The van der Waals surface area contributed by atoms with Crippen molar-refractivity contribution in [1.29, 1.82) is 0 Å². The number of aromatic nitrogens is 1. The summed E-state index contributed by atoms with van der Waals surface area (Å²) < 4.78 is 0. The summed E-state index contributed by atoms with van der Waals surface area (Å²) in [4.78, 5) is 5.93. The number of nitrogens with one attached hydrogen (secondary N) is 1. The van der Waals surface area contributed by atoms with E-state index in [1.807, 2.05) is 12.1 Å². The van der Waals surface area contributed by atoms with E-state index in [-0.39, 0.29) is 5.75 Å². The average molecular weight is 257 g/mol. The fourth-order valence-electron chi connectivity index (χ4n) is 2.99. The molecule has 2 aromatic rings. The van der Waals surface area contributed by atoms with Crippen LogP contribution in [0.2, 0.25) is 0 Å². The van der Waals surface area contributed by atoms with Crippen LogP contribution < -0.4 is 4.90 Å². The molecule has 3 heteroatoms. The van der Waals surface area contributed by atoms with Crippen LogP contribution in [-0.4, -0.2) is 23.2 Å². The zero-order valence-corrected chi connectivity index (χ0v) is 11.4. The fourth-order valence-corrected chi connectivity index (χ4v) is 2.99. The van der Waals surface area contributed by atoms with Crippen molar-refractivity contribution in [3.8, 4) is 5.75 Å². The number of pyridine rings is 1. The molecule has 0 atom stereocenters. The van der Waals surface area contributed by atoms with Gasteiger partial charge in [-0.2, -0.15) is 0 Å². The average Bonchev–Trinajstić information content (AvgIpc) is 2.45. The lowest BCUT2D eigenvalue weighted by Crippen LogP contribution is -3.11. The van der Waals surface area contributed by atoms with Crippen LogP contribution in [0, 0.1) is 5.92 Å². The van der Waals surface area contributed by atoms with Crippen molar-refractivity contribution in [2.24, 2.45) is 5.92 Å². The number of fused-ring (bicyclic) bond motifs is 1. The molecule has 19 heavy (non-hydrogen) atoms. The highest BCUT2D eigenvalue weighted by Crippen LogP contribution is 2.25. The molecule has 1 aliphatic rings. The summed E-state index contributed by atoms with van der Waals surface area (Å²) in [5.74, 6) is 1.16. The van der Waals surface area contributed by atoms with E-state index in [9.17, 15) is 5.11 Å². The summed E-state index contributed by atoms with van der Waals surface area (Å²) in [6.45, 7) is 5.89. The number of benzene rings is 1. The first-order valence-corrected chi connectivity index (χ1v) is 7.13. The molecule has 0 amide bonds. The van der Waals surface area contributed by atoms with Gasteiger partial charge in [-0.1, -0.05) is 13.0 Å². The van der Waals surface area contributed by atoms with Gasteiger partial charge in [-0.25, -0.2) is 0 Å². The molecular formula is C16H21N2O+. The minimum absolute atomic E-state index is 0.279. The van der Waals surface area contributed by atoms with Gasteiger partial charge >= 0.3 is 0 Å². The van der Waals surface area contributed by atoms with Crippen molar-refractivity contribution < 1.29 is 10.0 Å². The Kier molecular flexibility index (Phi) is 3.38. The van der Waals surface area contributed by atoms with Gasteiger partial charge in [-0.3, -0.25) is 4.98 Å². The van der Waals surface area contributed by atoms with Crippen molar-refractivity contribution in [3.05, 3.63) is 36.0 Å². The number of nitrogens with zero attached hydrogens (tertiary/aromatic N) is 1. The van der Waals surface area contributed by atoms with Crippen LogP contribution in [0.1, 0.15) is 25.3 Å². The molecule has 3 nitrogen and oxygen atoms in total. The smallest absolute Gasteiger partial charge is 0.141 e. The normalized spacial score (nSPS) is 23.6. The Morgan fingerprint density at radius 1 is 1.26 bits per heavy atom. The molecule has 1 fully saturated rings. The lowest BCUT2D eigenvalue weighted by Gasteiger charge is -2.27. The van der Waals surface area contributed by atoms with E-state index in [2.05, 4.69) is 18.0 Å². The van der Waals surface area contributed by atoms with Gasteiger partial charge in [-0.05, 0) is 37.0 Å². The Bertz CT molecular complexity index is 574. The molecule has 1 aromatic heterocycles. The number of hydrogen-bond donors (Lipinski definition) is 2. The van der Waals surface area contributed by atoms with E-state index < -0.39 is 0 Å². The molecule has 0 bridgehead atoms. The van der Waals surface area contributed by atoms with Gasteiger partial charge in [0, 0.05) is 17.1 Å². The van der Waals surface area contributed by atoms with Gasteiger partial charge in [0.2, 0.25) is 0 Å². The Hall–Kier alpha value is -1.61. The van der Waals surface area contributed by atoms with Gasteiger partial charge < -0.3 is 10.0 Å². The third-order valence-electron chi connectivity index (χ3n) is 4.26. The van der Waals surface area contributed by atoms with Crippen molar-refractivity contribution >= 4 is 10.9 Å². The van der Waals surface area contributed by atoms with Crippen molar-refractivity contribution in [2.45, 2.75) is 26.3 Å². The fraction of sp³-hybridized carbons (Fsp3) is 0.438. The van der Waals surface area contributed by atoms with Crippen LogP contribution in [0.15, 0.2) is 30.5 Å². The minimum atomic E-state index is 0.279. The van der Waals surface area contributed by atoms with E-state index in [0.29, 0.717) is 0 Å². The van der Waals surface area contributed by atoms with Crippen LogP contribution in [0.4, 0.5) is 0 Å². The number of hydrogen-bond acceptors (Lipinski definition) is 2. The van der Waals surface area contributed by atoms with Crippen molar-refractivity contribution in [1.82, 2.24) is 4.98 Å². The van der Waals surface area contributed by atoms with Crippen molar-refractivity contribution in [3.63, 3.8) is 0 Å². The molecule has 1 aliphatic heterocycles. The second kappa shape index (κ2) is 5.17. The van der Waals surface area contributed by atoms with E-state index in [4.69, 9.17) is 0 Å². The summed E-state index contributed by atoms with van der Waals surface area (Å²) >= 11 is 0. The summed E-state index contributed by atoms with van der Waals surface area (Å²) in [5, 5.41) is 11.0. The summed E-state index contributed by atoms with van der Waals surface area (Å²) in [5.41, 5.74) is 2.02. The molecular weight excluding hydrogens is 236 g/mol. The first-order valence-electron chi connectivity index (χ1n) is 7.13. The van der Waals surface area contributed by atoms with Crippen molar-refractivity contribution in [2.75, 3.05) is 13.1 Å². The minimum Gasteiger partial charge on any atom is -0.506 e. The van der Waals surface area contributed by atoms with Gasteiger partial charge in [-0.15, -0.1) is 0 Å². The van der Waals surface area contributed by atoms with Gasteiger partial charge in [0.05, 0.1) is 13.1 Å². The predicted octanol–water partition coefficient (Wildman–Crippen LogP) is 1.76. The Morgan fingerprint density at radius 2 is 2.05 bits per heavy atom. The SMILES string of the molecule is CC1CC[NH+](Cc2ccc(O)c3ncccc23)CC1. The molecule has 0 aliphatic carbocycles. The molecule has 100 valence electrons. The largest absolute Gasteiger partial charge is 0.506 e. The first kappa shape index (κ1) is 12.4. The summed E-state index contributed by atoms with van der Waals surface area (Å²) in [7, 11) is 0. The summed E-state index contributed by atoms with van der Waals surface area (Å²) in [6.07, 6.45) is 4.38. The number of aromatic hydroxyl groups is 1. The molecule has 2 heterocycles. The highest BCUT2D eigenvalue weighted by atomic mass is 16.3. The first-order chi connectivity index (χ1) is 9.24. The maximum atomic E-state index is 9.87. The number of likely N-dealkylation sites (tertiary alicyclic amines) is 1. The predicted molar refractivity (Wildman–Crippen MR) is 76.2 cm³/mol. The molecule has 3 rings (SSSR count). The lowest BCUT2D eigenvalue weighted by molar-refractivity contribution is -0.919. The maximum Gasteiger partial charge on any atom is 0.141 e. The van der Waals surface area contributed by atoms with E-state index in [1.165, 1.54) is 31.5 Å². The molecule has 0 spiro atoms. The van der Waals surface area contributed by atoms with Crippen LogP contribution in [0.25, 0.3) is 10.9 Å². The number of phenols is 1. The summed E-state index contributed by atoms with van der Waals surface area (Å²) in [6, 6.07) is 7.82. The van der Waals surface area contributed by atoms with Crippen LogP contribution in [0.5, 0.6) is 5.75 Å². The third kappa shape index (κ3) is 2.56. The number of quaternary nitrogens is 1. The Balaban J connectivity index is 1.87. The second-order valence-electron chi connectivity index (χ2n) is 5.75. The Morgan fingerprint density at radius 3 is 2.84 bits per heavy atom. The Labute approximate surface area is 113 Å². The molecule has 1 aromatic carbocycles. The number of rotatable bonds is 2. The molecule has 2 N–H and O–H groups in total. The molecule has 0 radical (unpaired) electrons. The zero-order chi connectivity index (χ0) is 13.2. The van der Waals surface area contributed by atoms with Crippen LogP contribution in [0.3, 0.4) is 0 Å². The van der Waals surface area contributed by atoms with Crippen LogP contribution >= 0.6 is 0 Å². The standard InChI is InChI=1S/C16H20N2O/c1-12-6-9-18(10-7-12)11-13-4-5-15(19)16-14(13)3-2-8-17-16/h2-5,8,12,19H,6-7,9-11H2,1H3/p+1. The van der Waals surface area contributed by atoms with Crippen LogP contribution in [-0.2, 0) is 6.54 Å². The maximum absolute atomic E-state index is 9.87. The highest BCUT2D eigenvalue weighted by molar-refractivity contribution is 5.86. The monoisotopic (exact) mass is 257 g/mol. The van der Waals surface area contributed by atoms with E-state index >= 15 is 0 Å². The molecule has 0 unspecified atom stereocenters. The van der Waals surface area contributed by atoms with Gasteiger partial charge in [0.15, 0.2) is 0 Å². The molecule has 0 saturated carbocycles. The van der Waals surface area contributed by atoms with Gasteiger partial charge in [0.1, 0.15) is 17.8 Å². The zero-order valence-electron chi connectivity index (χ0n) is 11.4. The number of phenolic OH excluding ortho intramolecular Hbond substituents is 1. The van der Waals surface area contributed by atoms with Gasteiger partial charge in [0.25, 0.3) is 0 Å². The third-order valence-corrected chi connectivity index (χ3v) is 4.26. The topological polar surface area (TPSA) is 37.6 Å². The molecule has 1 saturated heterocycles. The lowest BCUT2D eigenvalue weighted by atomic mass is 9.98. The quantitative estimate of drug-likeness (QED) is 0.860. The van der Waals surface area contributed by atoms with E-state index in [1.54, 1.807) is 17.2 Å². The van der Waals surface area contributed by atoms with E-state index in [0.717, 1.165) is 23.4 Å². The number of piperidine rings is 1. The second-order valence-corrected chi connectivity index (χ2v) is 5.75. The highest BCUT2D eigenvalue weighted by Gasteiger charge is 2.20.